The minimum absolute atomic E-state index is 0.0112. The molecule has 0 aliphatic heterocycles. The third kappa shape index (κ3) is 4.35. The Hall–Kier alpha value is -1.25. The van der Waals surface area contributed by atoms with Gasteiger partial charge in [0.25, 0.3) is 0 Å². The van der Waals surface area contributed by atoms with Gasteiger partial charge >= 0.3 is 6.03 Å². The summed E-state index contributed by atoms with van der Waals surface area (Å²) in [6, 6.07) is -0.0112. The van der Waals surface area contributed by atoms with E-state index in [4.69, 9.17) is 0 Å². The zero-order chi connectivity index (χ0) is 10.4. The van der Waals surface area contributed by atoms with E-state index in [0.717, 1.165) is 5.57 Å². The fourth-order valence-electron chi connectivity index (χ4n) is 0.975. The average molecular weight is 182 g/mol. The van der Waals surface area contributed by atoms with Crippen LogP contribution in [0.25, 0.3) is 0 Å². The molecule has 0 aromatic heterocycles. The summed E-state index contributed by atoms with van der Waals surface area (Å²) in [5.41, 5.74) is 0.969. The summed E-state index contributed by atoms with van der Waals surface area (Å²) >= 11 is 0. The maximum atomic E-state index is 11.5. The first-order valence-corrected chi connectivity index (χ1v) is 4.20. The Morgan fingerprint density at radius 3 is 2.31 bits per heavy atom. The van der Waals surface area contributed by atoms with E-state index < -0.39 is 0 Å². The summed E-state index contributed by atoms with van der Waals surface area (Å²) in [6.45, 7) is 10.4. The minimum Gasteiger partial charge on any atom is -0.331 e. The number of amides is 2. The van der Waals surface area contributed by atoms with E-state index in [9.17, 15) is 4.79 Å². The molecule has 0 spiro atoms. The lowest BCUT2D eigenvalue weighted by molar-refractivity contribution is 0.180. The van der Waals surface area contributed by atoms with Crippen LogP contribution in [0.15, 0.2) is 24.8 Å². The monoisotopic (exact) mass is 182 g/mol. The summed E-state index contributed by atoms with van der Waals surface area (Å²) in [5.74, 6) is 0. The fraction of sp³-hybridized carbons (Fsp3) is 0.500. The summed E-state index contributed by atoms with van der Waals surface area (Å²) in [7, 11) is 3.47. The van der Waals surface area contributed by atoms with Gasteiger partial charge in [-0.25, -0.2) is 4.79 Å². The zero-order valence-corrected chi connectivity index (χ0v) is 8.71. The predicted octanol–water partition coefficient (Wildman–Crippen LogP) is 1.73. The topological polar surface area (TPSA) is 23.6 Å². The van der Waals surface area contributed by atoms with Crippen LogP contribution in [-0.4, -0.2) is 43.0 Å². The van der Waals surface area contributed by atoms with Crippen LogP contribution in [0.1, 0.15) is 6.92 Å². The van der Waals surface area contributed by atoms with E-state index in [1.54, 1.807) is 30.0 Å². The largest absolute Gasteiger partial charge is 0.331 e. The smallest absolute Gasteiger partial charge is 0.320 e. The van der Waals surface area contributed by atoms with Crippen molar-refractivity contribution in [3.05, 3.63) is 24.8 Å². The molecule has 3 nitrogen and oxygen atoms in total. The van der Waals surface area contributed by atoms with E-state index in [0.29, 0.717) is 13.1 Å². The van der Waals surface area contributed by atoms with Crippen LogP contribution >= 0.6 is 0 Å². The molecule has 0 N–H and O–H groups in total. The lowest BCUT2D eigenvalue weighted by Gasteiger charge is -2.24. The van der Waals surface area contributed by atoms with Gasteiger partial charge in [-0.15, -0.1) is 6.58 Å². The molecule has 0 atom stereocenters. The first kappa shape index (κ1) is 11.8. The lowest BCUT2D eigenvalue weighted by Crippen LogP contribution is -2.40. The van der Waals surface area contributed by atoms with E-state index in [-0.39, 0.29) is 6.03 Å². The van der Waals surface area contributed by atoms with Crippen molar-refractivity contribution in [3.63, 3.8) is 0 Å². The van der Waals surface area contributed by atoms with Crippen LogP contribution in [0.5, 0.6) is 0 Å². The molecule has 3 heteroatoms. The summed E-state index contributed by atoms with van der Waals surface area (Å²) in [4.78, 5) is 14.8. The normalized spacial score (nSPS) is 9.15. The highest BCUT2D eigenvalue weighted by Gasteiger charge is 2.12. The fourth-order valence-corrected chi connectivity index (χ4v) is 0.975. The molecule has 0 aliphatic rings. The third-order valence-electron chi connectivity index (χ3n) is 1.46. The quantitative estimate of drug-likeness (QED) is 0.607. The SMILES string of the molecule is C=CCN(CC(=C)C)C(=O)N(C)C. The Morgan fingerprint density at radius 1 is 1.46 bits per heavy atom. The van der Waals surface area contributed by atoms with Crippen LogP contribution in [-0.2, 0) is 0 Å². The van der Waals surface area contributed by atoms with E-state index >= 15 is 0 Å². The van der Waals surface area contributed by atoms with E-state index in [1.807, 2.05) is 6.92 Å². The highest BCUT2D eigenvalue weighted by atomic mass is 16.2. The van der Waals surface area contributed by atoms with Crippen molar-refractivity contribution in [2.24, 2.45) is 0 Å². The van der Waals surface area contributed by atoms with Gasteiger partial charge in [0.15, 0.2) is 0 Å². The van der Waals surface area contributed by atoms with Crippen molar-refractivity contribution in [2.45, 2.75) is 6.92 Å². The highest BCUT2D eigenvalue weighted by molar-refractivity contribution is 5.74. The highest BCUT2D eigenvalue weighted by Crippen LogP contribution is 1.99. The van der Waals surface area contributed by atoms with Crippen molar-refractivity contribution in [2.75, 3.05) is 27.2 Å². The zero-order valence-electron chi connectivity index (χ0n) is 8.71. The number of nitrogens with zero attached hydrogens (tertiary/aromatic N) is 2. The van der Waals surface area contributed by atoms with Crippen LogP contribution in [0.4, 0.5) is 4.79 Å². The van der Waals surface area contributed by atoms with Crippen LogP contribution in [0.3, 0.4) is 0 Å². The molecule has 2 amide bonds. The second kappa shape index (κ2) is 5.41. The summed E-state index contributed by atoms with van der Waals surface area (Å²) in [6.07, 6.45) is 1.71. The molecule has 0 radical (unpaired) electrons. The Kier molecular flexibility index (Phi) is 4.89. The minimum atomic E-state index is -0.0112. The number of carbonyl (C=O) groups excluding carboxylic acids is 1. The maximum Gasteiger partial charge on any atom is 0.320 e. The molecular weight excluding hydrogens is 164 g/mol. The van der Waals surface area contributed by atoms with E-state index in [2.05, 4.69) is 13.2 Å². The molecular formula is C10H18N2O. The number of hydrogen-bond acceptors (Lipinski definition) is 1. The second-order valence-corrected chi connectivity index (χ2v) is 3.30. The van der Waals surface area contributed by atoms with Gasteiger partial charge in [-0.3, -0.25) is 0 Å². The van der Waals surface area contributed by atoms with Gasteiger partial charge in [0.2, 0.25) is 0 Å². The number of carbonyl (C=O) groups is 1. The van der Waals surface area contributed by atoms with E-state index in [1.165, 1.54) is 0 Å². The molecule has 13 heavy (non-hydrogen) atoms. The van der Waals surface area contributed by atoms with Gasteiger partial charge in [-0.05, 0) is 6.92 Å². The maximum absolute atomic E-state index is 11.5. The molecule has 0 unspecified atom stereocenters. The van der Waals surface area contributed by atoms with Crippen molar-refractivity contribution in [3.8, 4) is 0 Å². The molecule has 0 bridgehead atoms. The van der Waals surface area contributed by atoms with Crippen LogP contribution < -0.4 is 0 Å². The van der Waals surface area contributed by atoms with Crippen molar-refractivity contribution in [1.29, 1.82) is 0 Å². The molecule has 0 fully saturated rings. The molecule has 0 aromatic carbocycles. The number of urea groups is 1. The molecule has 0 aliphatic carbocycles. The molecule has 0 saturated heterocycles. The van der Waals surface area contributed by atoms with Crippen LogP contribution in [0, 0.1) is 0 Å². The van der Waals surface area contributed by atoms with Crippen molar-refractivity contribution in [1.82, 2.24) is 9.80 Å². The van der Waals surface area contributed by atoms with Crippen LogP contribution in [0.2, 0.25) is 0 Å². The van der Waals surface area contributed by atoms with Gasteiger partial charge in [0.05, 0.1) is 0 Å². The summed E-state index contributed by atoms with van der Waals surface area (Å²) < 4.78 is 0. The van der Waals surface area contributed by atoms with Gasteiger partial charge in [0, 0.05) is 27.2 Å². The van der Waals surface area contributed by atoms with Crippen molar-refractivity contribution >= 4 is 6.03 Å². The van der Waals surface area contributed by atoms with Gasteiger partial charge in [-0.1, -0.05) is 18.2 Å². The molecule has 0 heterocycles. The number of hydrogen-bond donors (Lipinski definition) is 0. The molecule has 0 aromatic rings. The Bertz CT molecular complexity index is 209. The summed E-state index contributed by atoms with van der Waals surface area (Å²) in [5, 5.41) is 0. The first-order valence-electron chi connectivity index (χ1n) is 4.20. The third-order valence-corrected chi connectivity index (χ3v) is 1.46. The Balaban J connectivity index is 4.31. The predicted molar refractivity (Wildman–Crippen MR) is 55.7 cm³/mol. The standard InChI is InChI=1S/C10H18N2O/c1-6-7-12(8-9(2)3)10(13)11(4)5/h6H,1-2,7-8H2,3-5H3. The molecule has 0 saturated carbocycles. The van der Waals surface area contributed by atoms with Crippen molar-refractivity contribution < 1.29 is 4.79 Å². The Labute approximate surface area is 80.3 Å². The first-order chi connectivity index (χ1) is 5.99. The molecule has 0 rings (SSSR count). The van der Waals surface area contributed by atoms with Gasteiger partial charge < -0.3 is 9.80 Å². The molecule has 74 valence electrons. The van der Waals surface area contributed by atoms with Gasteiger partial charge in [-0.2, -0.15) is 0 Å². The second-order valence-electron chi connectivity index (χ2n) is 3.30. The Morgan fingerprint density at radius 2 is 2.00 bits per heavy atom. The average Bonchev–Trinajstić information content (AvgIpc) is 2.01. The van der Waals surface area contributed by atoms with Gasteiger partial charge in [0.1, 0.15) is 0 Å². The lowest BCUT2D eigenvalue weighted by atomic mass is 10.3. The number of rotatable bonds is 4.